The largest absolute Gasteiger partial charge is 0.378 e. The highest BCUT2D eigenvalue weighted by Crippen LogP contribution is 2.22. The van der Waals surface area contributed by atoms with Crippen LogP contribution in [0.2, 0.25) is 0 Å². The molecular formula is C40H69N9O5. The molecule has 1 aromatic carbocycles. The first-order valence-corrected chi connectivity index (χ1v) is 20.2. The number of carbonyl (C=O) groups is 3. The summed E-state index contributed by atoms with van der Waals surface area (Å²) < 4.78 is 13.4. The second-order valence-corrected chi connectivity index (χ2v) is 15.5. The maximum atomic E-state index is 13.5. The lowest BCUT2D eigenvalue weighted by Gasteiger charge is -2.31. The van der Waals surface area contributed by atoms with Crippen LogP contribution >= 0.6 is 0 Å². The van der Waals surface area contributed by atoms with Crippen LogP contribution in [0.1, 0.15) is 104 Å². The summed E-state index contributed by atoms with van der Waals surface area (Å²) in [5.41, 5.74) is 8.29. The van der Waals surface area contributed by atoms with E-state index in [9.17, 15) is 14.4 Å². The third-order valence-corrected chi connectivity index (χ3v) is 9.67. The molecule has 2 atom stereocenters. The van der Waals surface area contributed by atoms with Gasteiger partial charge >= 0.3 is 0 Å². The van der Waals surface area contributed by atoms with Gasteiger partial charge in [0, 0.05) is 37.4 Å². The SMILES string of the molecule is CC(C)NCc1cn(CCOCCN2CCC(CCCC(=O)N[C@H](C(=O)N[C@@H](CCCCN)C(=O)Nc3ccc(COC(C)C)cc3)C(C)C)CC2)nn1. The van der Waals surface area contributed by atoms with Crippen molar-refractivity contribution in [3.05, 3.63) is 41.7 Å². The van der Waals surface area contributed by atoms with Gasteiger partial charge < -0.3 is 41.4 Å². The summed E-state index contributed by atoms with van der Waals surface area (Å²) in [7, 11) is 0. The highest BCUT2D eigenvalue weighted by Gasteiger charge is 2.29. The van der Waals surface area contributed by atoms with Gasteiger partial charge in [-0.2, -0.15) is 0 Å². The van der Waals surface area contributed by atoms with Crippen molar-refractivity contribution in [2.75, 3.05) is 44.7 Å². The first kappa shape index (κ1) is 45.0. The summed E-state index contributed by atoms with van der Waals surface area (Å²) in [6, 6.07) is 6.40. The molecule has 0 radical (unpaired) electrons. The lowest BCUT2D eigenvalue weighted by molar-refractivity contribution is -0.132. The smallest absolute Gasteiger partial charge is 0.246 e. The zero-order valence-corrected chi connectivity index (χ0v) is 33.8. The molecule has 0 unspecified atom stereocenters. The number of nitrogens with zero attached hydrogens (tertiary/aromatic N) is 4. The Hall–Kier alpha value is -3.43. The number of ether oxygens (including phenoxy) is 2. The highest BCUT2D eigenvalue weighted by molar-refractivity contribution is 5.98. The van der Waals surface area contributed by atoms with Gasteiger partial charge in [-0.15, -0.1) is 5.10 Å². The molecule has 3 amide bonds. The first-order valence-electron chi connectivity index (χ1n) is 20.2. The minimum atomic E-state index is -0.756. The second-order valence-electron chi connectivity index (χ2n) is 15.5. The van der Waals surface area contributed by atoms with Crippen molar-refractivity contribution in [2.45, 2.75) is 137 Å². The van der Waals surface area contributed by atoms with E-state index < -0.39 is 12.1 Å². The van der Waals surface area contributed by atoms with E-state index in [1.54, 1.807) is 0 Å². The predicted octanol–water partition coefficient (Wildman–Crippen LogP) is 3.99. The Bertz CT molecular complexity index is 1360. The minimum Gasteiger partial charge on any atom is -0.378 e. The fourth-order valence-electron chi connectivity index (χ4n) is 6.32. The van der Waals surface area contributed by atoms with Crippen LogP contribution in [-0.2, 0) is 43.6 Å². The van der Waals surface area contributed by atoms with Crippen LogP contribution in [0, 0.1) is 11.8 Å². The Morgan fingerprint density at radius 1 is 0.926 bits per heavy atom. The monoisotopic (exact) mass is 756 g/mol. The Balaban J connectivity index is 1.35. The van der Waals surface area contributed by atoms with Gasteiger partial charge in [0.1, 0.15) is 12.1 Å². The lowest BCUT2D eigenvalue weighted by atomic mass is 9.91. The van der Waals surface area contributed by atoms with E-state index in [1.165, 1.54) is 0 Å². The van der Waals surface area contributed by atoms with Crippen molar-refractivity contribution in [2.24, 2.45) is 17.6 Å². The van der Waals surface area contributed by atoms with E-state index in [1.807, 2.05) is 62.8 Å². The molecule has 1 fully saturated rings. The normalized spacial score (nSPS) is 15.1. The van der Waals surface area contributed by atoms with Crippen LogP contribution in [0.25, 0.3) is 0 Å². The maximum absolute atomic E-state index is 13.5. The number of hydrogen-bond acceptors (Lipinski definition) is 10. The third kappa shape index (κ3) is 17.8. The number of benzene rings is 1. The van der Waals surface area contributed by atoms with Gasteiger partial charge in [0.25, 0.3) is 0 Å². The average Bonchev–Trinajstić information content (AvgIpc) is 3.60. The molecule has 0 bridgehead atoms. The number of nitrogens with one attached hydrogen (secondary N) is 4. The molecule has 54 heavy (non-hydrogen) atoms. The summed E-state index contributed by atoms with van der Waals surface area (Å²) in [4.78, 5) is 42.3. The summed E-state index contributed by atoms with van der Waals surface area (Å²) in [5.74, 6) is -0.359. The number of piperidine rings is 1. The van der Waals surface area contributed by atoms with Crippen LogP contribution < -0.4 is 27.0 Å². The van der Waals surface area contributed by atoms with E-state index in [0.717, 1.165) is 63.0 Å². The van der Waals surface area contributed by atoms with E-state index in [-0.39, 0.29) is 29.7 Å². The Morgan fingerprint density at radius 3 is 2.31 bits per heavy atom. The van der Waals surface area contributed by atoms with Crippen molar-refractivity contribution in [1.29, 1.82) is 0 Å². The molecule has 6 N–H and O–H groups in total. The summed E-state index contributed by atoms with van der Waals surface area (Å²) >= 11 is 0. The number of likely N-dealkylation sites (tertiary alicyclic amines) is 1. The molecule has 2 heterocycles. The zero-order chi connectivity index (χ0) is 39.3. The van der Waals surface area contributed by atoms with Gasteiger partial charge in [-0.05, 0) is 108 Å². The number of rotatable bonds is 26. The van der Waals surface area contributed by atoms with Crippen LogP contribution in [0.15, 0.2) is 30.5 Å². The van der Waals surface area contributed by atoms with Crippen molar-refractivity contribution >= 4 is 23.4 Å². The highest BCUT2D eigenvalue weighted by atomic mass is 16.5. The molecule has 1 saturated heterocycles. The molecule has 0 aliphatic carbocycles. The molecule has 1 aliphatic heterocycles. The van der Waals surface area contributed by atoms with Crippen LogP contribution in [0.3, 0.4) is 0 Å². The average molecular weight is 756 g/mol. The molecule has 1 aliphatic rings. The fourth-order valence-corrected chi connectivity index (χ4v) is 6.32. The standard InChI is InChI=1S/C40H69N9O5/c1-29(2)38(40(52)44-36(11-7-8-19-41)39(51)43-34-15-13-33(14-16-34)28-54-31(5)6)45-37(50)12-9-10-32-17-20-48(21-18-32)22-24-53-25-23-49-27-35(46-47-49)26-42-30(3)4/h13-16,27,29-32,36,38,42H,7-12,17-26,28,41H2,1-6H3,(H,43,51)(H,44,52)(H,45,50)/t36-,38-/m0/s1. The molecular weight excluding hydrogens is 686 g/mol. The van der Waals surface area contributed by atoms with Crippen LogP contribution in [0.4, 0.5) is 5.69 Å². The molecule has 1 aromatic heterocycles. The lowest BCUT2D eigenvalue weighted by Crippen LogP contribution is -2.54. The Kier molecular flexibility index (Phi) is 20.7. The molecule has 0 saturated carbocycles. The van der Waals surface area contributed by atoms with Gasteiger partial charge in [0.05, 0.1) is 38.2 Å². The molecule has 14 heteroatoms. The van der Waals surface area contributed by atoms with Crippen molar-refractivity contribution in [3.63, 3.8) is 0 Å². The molecule has 0 spiro atoms. The molecule has 304 valence electrons. The number of carbonyl (C=O) groups excluding carboxylic acids is 3. The van der Waals surface area contributed by atoms with E-state index in [4.69, 9.17) is 15.2 Å². The van der Waals surface area contributed by atoms with E-state index in [0.29, 0.717) is 76.4 Å². The summed E-state index contributed by atoms with van der Waals surface area (Å²) in [6.07, 6.45) is 8.30. The third-order valence-electron chi connectivity index (χ3n) is 9.67. The number of aromatic nitrogens is 3. The van der Waals surface area contributed by atoms with Crippen molar-refractivity contribution in [3.8, 4) is 0 Å². The number of amides is 3. The number of nitrogens with two attached hydrogens (primary N) is 1. The van der Waals surface area contributed by atoms with E-state index >= 15 is 0 Å². The van der Waals surface area contributed by atoms with Gasteiger partial charge in [-0.3, -0.25) is 14.4 Å². The summed E-state index contributed by atoms with van der Waals surface area (Å²) in [6.45, 7) is 18.6. The van der Waals surface area contributed by atoms with Crippen LogP contribution in [0.5, 0.6) is 0 Å². The number of unbranched alkanes of at least 4 members (excludes halogenated alkanes) is 1. The van der Waals surface area contributed by atoms with Crippen molar-refractivity contribution in [1.82, 2.24) is 35.8 Å². The maximum Gasteiger partial charge on any atom is 0.246 e. The molecule has 14 nitrogen and oxygen atoms in total. The Labute approximate surface area is 323 Å². The number of anilines is 1. The fraction of sp³-hybridized carbons (Fsp3) is 0.725. The van der Waals surface area contributed by atoms with Crippen molar-refractivity contribution < 1.29 is 23.9 Å². The Morgan fingerprint density at radius 2 is 1.65 bits per heavy atom. The topological polar surface area (TPSA) is 178 Å². The van der Waals surface area contributed by atoms with Gasteiger partial charge in [-0.25, -0.2) is 4.68 Å². The minimum absolute atomic E-state index is 0.128. The van der Waals surface area contributed by atoms with E-state index in [2.05, 4.69) is 50.3 Å². The first-order chi connectivity index (χ1) is 25.9. The second kappa shape index (κ2) is 24.9. The zero-order valence-electron chi connectivity index (χ0n) is 33.8. The van der Waals surface area contributed by atoms with Gasteiger partial charge in [-0.1, -0.05) is 45.0 Å². The quantitative estimate of drug-likeness (QED) is 0.0883. The van der Waals surface area contributed by atoms with Gasteiger partial charge in [0.15, 0.2) is 0 Å². The molecule has 2 aromatic rings. The predicted molar refractivity (Wildman–Crippen MR) is 212 cm³/mol. The van der Waals surface area contributed by atoms with Crippen LogP contribution in [-0.4, -0.2) is 101 Å². The molecule has 3 rings (SSSR count). The van der Waals surface area contributed by atoms with Gasteiger partial charge in [0.2, 0.25) is 17.7 Å². The summed E-state index contributed by atoms with van der Waals surface area (Å²) in [5, 5.41) is 20.5. The number of hydrogen-bond donors (Lipinski definition) is 5.